The van der Waals surface area contributed by atoms with Gasteiger partial charge in [0.05, 0.1) is 6.33 Å². The highest BCUT2D eigenvalue weighted by Gasteiger charge is 2.45. The van der Waals surface area contributed by atoms with Gasteiger partial charge in [-0.2, -0.15) is 9.97 Å². The van der Waals surface area contributed by atoms with Crippen LogP contribution in [0.2, 0.25) is 5.28 Å². The van der Waals surface area contributed by atoms with Crippen LogP contribution in [0.3, 0.4) is 0 Å². The molecule has 1 aliphatic rings. The maximum Gasteiger partial charge on any atom is 0.336 e. The fraction of sp³-hybridized carbons (Fsp3) is 0.261. The molecule has 1 fully saturated rings. The van der Waals surface area contributed by atoms with Crippen molar-refractivity contribution in [1.29, 1.82) is 0 Å². The number of aromatic amines is 1. The molecule has 4 heterocycles. The van der Waals surface area contributed by atoms with Gasteiger partial charge in [-0.1, -0.05) is 18.2 Å². The minimum atomic E-state index is -4.78. The molecule has 8 N–H and O–H groups in total. The number of halogens is 1. The molecule has 15 nitrogen and oxygen atoms in total. The summed E-state index contributed by atoms with van der Waals surface area (Å²) in [6.07, 6.45) is -4.12. The van der Waals surface area contributed by atoms with E-state index in [1.165, 1.54) is 10.9 Å². The molecule has 0 amide bonds. The fourth-order valence-electron chi connectivity index (χ4n) is 4.89. The van der Waals surface area contributed by atoms with Gasteiger partial charge in [-0.15, -0.1) is 0 Å². The Labute approximate surface area is 235 Å². The minimum Gasteiger partial charge on any atom is -0.387 e. The lowest BCUT2D eigenvalue weighted by atomic mass is 10.1. The number of hydrogen-bond acceptors (Lipinski definition) is 9. The average Bonchev–Trinajstić information content (AvgIpc) is 3.55. The van der Waals surface area contributed by atoms with Crippen LogP contribution in [0.15, 0.2) is 48.8 Å². The number of para-hydroxylation sites is 1. The molecular formula is C23H24ClN7O8P2. The second kappa shape index (κ2) is 10.4. The molecule has 5 aromatic rings. The second-order valence-corrected chi connectivity index (χ2v) is 14.2. The summed E-state index contributed by atoms with van der Waals surface area (Å²) in [7, 11) is -9.24. The first-order chi connectivity index (χ1) is 19.4. The van der Waals surface area contributed by atoms with Gasteiger partial charge in [-0.3, -0.25) is 13.7 Å². The number of imidazole rings is 1. The van der Waals surface area contributed by atoms with E-state index >= 15 is 0 Å². The Hall–Kier alpha value is -2.94. The number of aliphatic hydroxyl groups excluding tert-OH is 2. The Kier molecular flexibility index (Phi) is 7.15. The number of nitrogens with one attached hydrogen (secondary N) is 3. The highest BCUT2D eigenvalue weighted by atomic mass is 35.5. The maximum absolute atomic E-state index is 12.1. The van der Waals surface area contributed by atoms with Gasteiger partial charge >= 0.3 is 7.60 Å². The molecule has 0 radical (unpaired) electrons. The molecule has 216 valence electrons. The molecule has 0 bridgehead atoms. The zero-order valence-electron chi connectivity index (χ0n) is 20.9. The van der Waals surface area contributed by atoms with Crippen molar-refractivity contribution in [2.75, 3.05) is 17.8 Å². The van der Waals surface area contributed by atoms with Crippen molar-refractivity contribution in [3.05, 3.63) is 54.1 Å². The molecule has 5 atom stereocenters. The van der Waals surface area contributed by atoms with Gasteiger partial charge in [-0.05, 0) is 35.9 Å². The SMILES string of the molecule is O=P(O)(O)CP(=O)(O)NC[C@H]1O[C@@H](n2cnc3c(Nc4ccc5[nH]c6ccccc6c5c4)nc(Cl)nc32)C(O)C1O. The molecule has 2 aromatic carbocycles. The molecule has 0 spiro atoms. The minimum absolute atomic E-state index is 0.125. The van der Waals surface area contributed by atoms with Crippen molar-refractivity contribution in [1.82, 2.24) is 29.6 Å². The second-order valence-electron chi connectivity index (χ2n) is 9.64. The standard InChI is InChI=1S/C23H24ClN7O8P2/c24-23-29-20(27-11-5-6-15-13(7-11)12-3-1-2-4-14(12)28-15)17-21(30-23)31(9-25-17)22-19(33)18(32)16(39-22)8-26-40(34,35)10-41(36,37)38/h1-7,9,16,18-19,22,28,32-33H,8,10H2,(H2,26,34,35)(H,27,29,30)(H2,36,37,38)/t16-,18?,19?,22-/m1/s1. The fourth-order valence-corrected chi connectivity index (χ4v) is 7.91. The van der Waals surface area contributed by atoms with Gasteiger partial charge in [-0.25, -0.2) is 10.1 Å². The summed E-state index contributed by atoms with van der Waals surface area (Å²) in [6, 6.07) is 13.7. The topological polar surface area (TPSA) is 228 Å². The number of aromatic nitrogens is 5. The van der Waals surface area contributed by atoms with Gasteiger partial charge in [0.15, 0.2) is 23.2 Å². The van der Waals surface area contributed by atoms with Crippen LogP contribution in [0, 0.1) is 0 Å². The van der Waals surface area contributed by atoms with Gasteiger partial charge in [0.1, 0.15) is 24.2 Å². The van der Waals surface area contributed by atoms with Gasteiger partial charge in [0, 0.05) is 34.0 Å². The van der Waals surface area contributed by atoms with Crippen molar-refractivity contribution in [3.8, 4) is 0 Å². The van der Waals surface area contributed by atoms with Crippen LogP contribution in [0.5, 0.6) is 0 Å². The monoisotopic (exact) mass is 623 g/mol. The van der Waals surface area contributed by atoms with Crippen LogP contribution in [0.4, 0.5) is 11.5 Å². The Balaban J connectivity index is 1.26. The number of aliphatic hydroxyl groups is 2. The van der Waals surface area contributed by atoms with Gasteiger partial charge < -0.3 is 39.9 Å². The summed E-state index contributed by atoms with van der Waals surface area (Å²) in [5, 5.41) is 28.5. The molecule has 41 heavy (non-hydrogen) atoms. The number of anilines is 2. The number of rotatable bonds is 8. The predicted molar refractivity (Wildman–Crippen MR) is 150 cm³/mol. The third-order valence-electron chi connectivity index (χ3n) is 6.69. The highest BCUT2D eigenvalue weighted by Crippen LogP contribution is 2.52. The van der Waals surface area contributed by atoms with E-state index in [2.05, 4.69) is 30.3 Å². The molecule has 1 aliphatic heterocycles. The third-order valence-corrected chi connectivity index (χ3v) is 10.5. The largest absolute Gasteiger partial charge is 0.387 e. The first-order valence-electron chi connectivity index (χ1n) is 12.2. The van der Waals surface area contributed by atoms with Crippen molar-refractivity contribution in [3.63, 3.8) is 0 Å². The number of hydrogen-bond donors (Lipinski definition) is 8. The van der Waals surface area contributed by atoms with E-state index in [9.17, 15) is 24.2 Å². The van der Waals surface area contributed by atoms with E-state index in [4.69, 9.17) is 26.1 Å². The Bertz CT molecular complexity index is 1880. The molecular weight excluding hydrogens is 600 g/mol. The number of fused-ring (bicyclic) bond motifs is 4. The van der Waals surface area contributed by atoms with Crippen LogP contribution in [-0.2, 0) is 13.9 Å². The van der Waals surface area contributed by atoms with Crippen molar-refractivity contribution >= 4 is 71.2 Å². The van der Waals surface area contributed by atoms with Crippen LogP contribution in [0.25, 0.3) is 33.0 Å². The van der Waals surface area contributed by atoms with E-state index in [1.54, 1.807) is 0 Å². The van der Waals surface area contributed by atoms with E-state index in [0.717, 1.165) is 21.8 Å². The van der Waals surface area contributed by atoms with Crippen LogP contribution < -0.4 is 10.4 Å². The summed E-state index contributed by atoms with van der Waals surface area (Å²) in [6.45, 7) is -0.478. The van der Waals surface area contributed by atoms with Crippen molar-refractivity contribution in [2.24, 2.45) is 0 Å². The number of nitrogens with zero attached hydrogens (tertiary/aromatic N) is 4. The molecule has 0 saturated carbocycles. The lowest BCUT2D eigenvalue weighted by molar-refractivity contribution is -0.0331. The zero-order valence-corrected chi connectivity index (χ0v) is 23.4. The lowest BCUT2D eigenvalue weighted by Crippen LogP contribution is -2.37. The Morgan fingerprint density at radius 1 is 1.02 bits per heavy atom. The van der Waals surface area contributed by atoms with Crippen LogP contribution >= 0.6 is 26.7 Å². The first-order valence-corrected chi connectivity index (χ1v) is 16.2. The molecule has 1 saturated heterocycles. The molecule has 0 aliphatic carbocycles. The van der Waals surface area contributed by atoms with E-state index in [0.29, 0.717) is 11.2 Å². The first kappa shape index (κ1) is 28.2. The smallest absolute Gasteiger partial charge is 0.336 e. The van der Waals surface area contributed by atoms with Crippen LogP contribution in [-0.4, -0.2) is 80.2 Å². The average molecular weight is 624 g/mol. The Morgan fingerprint density at radius 2 is 1.78 bits per heavy atom. The van der Waals surface area contributed by atoms with Crippen molar-refractivity contribution in [2.45, 2.75) is 24.5 Å². The number of H-pyrrole nitrogens is 1. The summed E-state index contributed by atoms with van der Waals surface area (Å²) >= 11 is 6.23. The predicted octanol–water partition coefficient (Wildman–Crippen LogP) is 2.39. The summed E-state index contributed by atoms with van der Waals surface area (Å²) < 4.78 is 30.3. The van der Waals surface area contributed by atoms with Gasteiger partial charge in [0.2, 0.25) is 5.28 Å². The quantitative estimate of drug-likeness (QED) is 0.0918. The molecule has 3 aromatic heterocycles. The highest BCUT2D eigenvalue weighted by molar-refractivity contribution is 7.71. The Morgan fingerprint density at radius 3 is 2.56 bits per heavy atom. The van der Waals surface area contributed by atoms with E-state index < -0.39 is 52.1 Å². The summed E-state index contributed by atoms with van der Waals surface area (Å²) in [4.78, 5) is 44.1. The molecule has 18 heteroatoms. The normalized spacial score (nSPS) is 23.0. The summed E-state index contributed by atoms with van der Waals surface area (Å²) in [5.74, 6) is -1.01. The van der Waals surface area contributed by atoms with Gasteiger partial charge in [0.25, 0.3) is 7.52 Å². The van der Waals surface area contributed by atoms with Crippen molar-refractivity contribution < 1.29 is 38.8 Å². The van der Waals surface area contributed by atoms with E-state index in [1.807, 2.05) is 42.5 Å². The van der Waals surface area contributed by atoms with Crippen LogP contribution in [0.1, 0.15) is 6.23 Å². The molecule has 3 unspecified atom stereocenters. The zero-order chi connectivity index (χ0) is 29.1. The number of ether oxygens (including phenoxy) is 1. The maximum atomic E-state index is 12.1. The molecule has 6 rings (SSSR count). The third kappa shape index (κ3) is 5.62. The number of benzene rings is 2. The lowest BCUT2D eigenvalue weighted by Gasteiger charge is -2.19. The van der Waals surface area contributed by atoms with E-state index in [-0.39, 0.29) is 16.7 Å². The summed E-state index contributed by atoms with van der Waals surface area (Å²) in [5.41, 5.74) is 3.14.